The molecule has 1 heterocycles. The highest BCUT2D eigenvalue weighted by Crippen LogP contribution is 2.13. The molecule has 0 aromatic heterocycles. The lowest BCUT2D eigenvalue weighted by atomic mass is 10.2. The molecule has 2 N–H and O–H groups in total. The average Bonchev–Trinajstić information content (AvgIpc) is 2.32. The molecule has 2 nitrogen and oxygen atoms in total. The molecule has 0 aliphatic carbocycles. The Morgan fingerprint density at radius 2 is 2.08 bits per heavy atom. The summed E-state index contributed by atoms with van der Waals surface area (Å²) in [7, 11) is 0. The number of halogens is 4. The van der Waals surface area contributed by atoms with E-state index in [-0.39, 0.29) is 18.4 Å². The van der Waals surface area contributed by atoms with Gasteiger partial charge in [0.15, 0.2) is 0 Å². The monoisotopic (exact) mass is 204 g/mol. The minimum atomic E-state index is -4.08. The quantitative estimate of drug-likeness (QED) is 0.699. The van der Waals surface area contributed by atoms with Gasteiger partial charge in [-0.15, -0.1) is 12.4 Å². The van der Waals surface area contributed by atoms with Gasteiger partial charge in [0.05, 0.1) is 6.54 Å². The van der Waals surface area contributed by atoms with Crippen molar-refractivity contribution in [3.63, 3.8) is 0 Å². The molecule has 1 fully saturated rings. The summed E-state index contributed by atoms with van der Waals surface area (Å²) in [6.45, 7) is 0.588. The van der Waals surface area contributed by atoms with Crippen LogP contribution in [0.2, 0.25) is 0 Å². The van der Waals surface area contributed by atoms with E-state index in [1.54, 1.807) is 0 Å². The lowest BCUT2D eigenvalue weighted by Gasteiger charge is -2.12. The van der Waals surface area contributed by atoms with Gasteiger partial charge in [0.25, 0.3) is 0 Å². The van der Waals surface area contributed by atoms with Crippen LogP contribution in [0.5, 0.6) is 0 Å². The third-order valence-corrected chi connectivity index (χ3v) is 1.65. The van der Waals surface area contributed by atoms with E-state index >= 15 is 0 Å². The van der Waals surface area contributed by atoms with Crippen molar-refractivity contribution < 1.29 is 13.2 Å². The van der Waals surface area contributed by atoms with Gasteiger partial charge in [-0.3, -0.25) is 0 Å². The van der Waals surface area contributed by atoms with Crippen LogP contribution in [0.25, 0.3) is 0 Å². The molecule has 0 amide bonds. The Bertz CT molecular complexity index is 122. The van der Waals surface area contributed by atoms with Gasteiger partial charge < -0.3 is 10.6 Å². The second kappa shape index (κ2) is 4.89. The zero-order valence-electron chi connectivity index (χ0n) is 6.45. The van der Waals surface area contributed by atoms with Crippen LogP contribution >= 0.6 is 12.4 Å². The van der Waals surface area contributed by atoms with Crippen molar-refractivity contribution in [3.05, 3.63) is 0 Å². The highest BCUT2D eigenvalue weighted by atomic mass is 35.5. The van der Waals surface area contributed by atoms with Crippen molar-refractivity contribution in [1.29, 1.82) is 0 Å². The molecule has 1 aliphatic rings. The third-order valence-electron chi connectivity index (χ3n) is 1.65. The van der Waals surface area contributed by atoms with E-state index in [1.165, 1.54) is 0 Å². The SMILES string of the molecule is Cl.FC(F)(F)CN[C@@H]1CCNC1. The fourth-order valence-corrected chi connectivity index (χ4v) is 1.09. The second-order valence-corrected chi connectivity index (χ2v) is 2.69. The highest BCUT2D eigenvalue weighted by molar-refractivity contribution is 5.85. The predicted molar refractivity (Wildman–Crippen MR) is 42.6 cm³/mol. The average molecular weight is 205 g/mol. The molecule has 0 bridgehead atoms. The molecule has 1 aliphatic heterocycles. The van der Waals surface area contributed by atoms with Crippen LogP contribution in [0.1, 0.15) is 6.42 Å². The second-order valence-electron chi connectivity index (χ2n) is 2.69. The van der Waals surface area contributed by atoms with Crippen molar-refractivity contribution in [2.75, 3.05) is 19.6 Å². The van der Waals surface area contributed by atoms with Gasteiger partial charge in [0, 0.05) is 12.6 Å². The van der Waals surface area contributed by atoms with Crippen LogP contribution in [0.15, 0.2) is 0 Å². The first-order chi connectivity index (χ1) is 5.08. The predicted octanol–water partition coefficient (Wildman–Crippen LogP) is 0.922. The summed E-state index contributed by atoms with van der Waals surface area (Å²) in [6, 6.07) is -0.00313. The standard InChI is InChI=1S/C6H11F3N2.ClH/c7-6(8,9)4-11-5-1-2-10-3-5;/h5,10-11H,1-4H2;1H/t5-;/m1./s1. The Morgan fingerprint density at radius 3 is 2.50 bits per heavy atom. The fraction of sp³-hybridized carbons (Fsp3) is 1.00. The van der Waals surface area contributed by atoms with Gasteiger partial charge >= 0.3 is 6.18 Å². The largest absolute Gasteiger partial charge is 0.401 e. The first-order valence-corrected chi connectivity index (χ1v) is 3.59. The Hall–Kier alpha value is -0.0000000000000000416. The van der Waals surface area contributed by atoms with E-state index in [1.807, 2.05) is 0 Å². The normalized spacial score (nSPS) is 23.8. The summed E-state index contributed by atoms with van der Waals surface area (Å²) >= 11 is 0. The van der Waals surface area contributed by atoms with E-state index in [4.69, 9.17) is 0 Å². The molecule has 6 heteroatoms. The van der Waals surface area contributed by atoms with E-state index in [0.29, 0.717) is 6.54 Å². The van der Waals surface area contributed by atoms with Crippen LogP contribution in [-0.4, -0.2) is 31.9 Å². The highest BCUT2D eigenvalue weighted by Gasteiger charge is 2.28. The van der Waals surface area contributed by atoms with Crippen molar-refractivity contribution in [3.8, 4) is 0 Å². The first-order valence-electron chi connectivity index (χ1n) is 3.59. The molecule has 0 aromatic rings. The molecule has 1 saturated heterocycles. The summed E-state index contributed by atoms with van der Waals surface area (Å²) < 4.78 is 34.9. The lowest BCUT2D eigenvalue weighted by Crippen LogP contribution is -2.38. The molecule has 0 spiro atoms. The van der Waals surface area contributed by atoms with Crippen molar-refractivity contribution >= 4 is 12.4 Å². The van der Waals surface area contributed by atoms with Gasteiger partial charge in [-0.25, -0.2) is 0 Å². The topological polar surface area (TPSA) is 24.1 Å². The molecular formula is C6H12ClF3N2. The number of hydrogen-bond acceptors (Lipinski definition) is 2. The van der Waals surface area contributed by atoms with Gasteiger partial charge in [0.2, 0.25) is 0 Å². The van der Waals surface area contributed by atoms with Crippen molar-refractivity contribution in [2.24, 2.45) is 0 Å². The molecule has 12 heavy (non-hydrogen) atoms. The molecule has 1 rings (SSSR count). The molecular weight excluding hydrogens is 193 g/mol. The first kappa shape index (κ1) is 12.0. The molecule has 74 valence electrons. The summed E-state index contributed by atoms with van der Waals surface area (Å²) in [6.07, 6.45) is -3.29. The van der Waals surface area contributed by atoms with Gasteiger partial charge in [0.1, 0.15) is 0 Å². The number of rotatable bonds is 2. The molecule has 0 unspecified atom stereocenters. The molecule has 0 saturated carbocycles. The summed E-state index contributed by atoms with van der Waals surface area (Å²) in [5.74, 6) is 0. The van der Waals surface area contributed by atoms with Gasteiger partial charge in [-0.1, -0.05) is 0 Å². The Labute approximate surface area is 75.3 Å². The molecule has 1 atom stereocenters. The minimum absolute atomic E-state index is 0. The molecule has 0 radical (unpaired) electrons. The molecule has 0 aromatic carbocycles. The van der Waals surface area contributed by atoms with Gasteiger partial charge in [-0.2, -0.15) is 13.2 Å². The van der Waals surface area contributed by atoms with E-state index in [9.17, 15) is 13.2 Å². The maximum Gasteiger partial charge on any atom is 0.401 e. The maximum absolute atomic E-state index is 11.6. The van der Waals surface area contributed by atoms with E-state index < -0.39 is 12.7 Å². The summed E-state index contributed by atoms with van der Waals surface area (Å²) in [5.41, 5.74) is 0. The van der Waals surface area contributed by atoms with Crippen LogP contribution in [0.3, 0.4) is 0 Å². The van der Waals surface area contributed by atoms with Crippen LogP contribution in [-0.2, 0) is 0 Å². The van der Waals surface area contributed by atoms with E-state index in [0.717, 1.165) is 13.0 Å². The number of nitrogens with one attached hydrogen (secondary N) is 2. The van der Waals surface area contributed by atoms with Gasteiger partial charge in [-0.05, 0) is 13.0 Å². The van der Waals surface area contributed by atoms with Crippen LogP contribution < -0.4 is 10.6 Å². The smallest absolute Gasteiger partial charge is 0.315 e. The van der Waals surface area contributed by atoms with Crippen LogP contribution in [0.4, 0.5) is 13.2 Å². The maximum atomic E-state index is 11.6. The fourth-order valence-electron chi connectivity index (χ4n) is 1.09. The van der Waals surface area contributed by atoms with Crippen molar-refractivity contribution in [1.82, 2.24) is 10.6 Å². The number of alkyl halides is 3. The Morgan fingerprint density at radius 1 is 1.42 bits per heavy atom. The van der Waals surface area contributed by atoms with Crippen LogP contribution in [0, 0.1) is 0 Å². The zero-order valence-corrected chi connectivity index (χ0v) is 7.26. The Balaban J connectivity index is 0.00000121. The van der Waals surface area contributed by atoms with E-state index in [2.05, 4.69) is 10.6 Å². The summed E-state index contributed by atoms with van der Waals surface area (Å²) in [4.78, 5) is 0. The summed E-state index contributed by atoms with van der Waals surface area (Å²) in [5, 5.41) is 5.41. The zero-order chi connectivity index (χ0) is 8.32. The Kier molecular flexibility index (Phi) is 4.89. The third kappa shape index (κ3) is 4.79. The van der Waals surface area contributed by atoms with Crippen molar-refractivity contribution in [2.45, 2.75) is 18.6 Å². The lowest BCUT2D eigenvalue weighted by molar-refractivity contribution is -0.125. The minimum Gasteiger partial charge on any atom is -0.315 e. The number of hydrogen-bond donors (Lipinski definition) is 2.